The van der Waals surface area contributed by atoms with E-state index in [-0.39, 0.29) is 15.6 Å². The van der Waals surface area contributed by atoms with Crippen LogP contribution in [0.15, 0.2) is 6.07 Å². The molecule has 6 nitrogen and oxygen atoms in total. The van der Waals surface area contributed by atoms with Crippen molar-refractivity contribution in [3.63, 3.8) is 0 Å². The summed E-state index contributed by atoms with van der Waals surface area (Å²) >= 11 is 1.47. The quantitative estimate of drug-likeness (QED) is 0.271. The van der Waals surface area contributed by atoms with E-state index >= 15 is 0 Å². The largest absolute Gasteiger partial charge is 0.574 e. The van der Waals surface area contributed by atoms with Gasteiger partial charge in [-0.25, -0.2) is 4.98 Å². The molecule has 0 radical (unpaired) electrons. The number of aldehydes is 1. The van der Waals surface area contributed by atoms with Gasteiger partial charge < -0.3 is 4.74 Å². The molecular weight excluding hydrogens is 360 g/mol. The van der Waals surface area contributed by atoms with E-state index in [0.717, 1.165) is 0 Å². The van der Waals surface area contributed by atoms with Gasteiger partial charge in [-0.3, -0.25) is 14.9 Å². The molecule has 0 saturated heterocycles. The van der Waals surface area contributed by atoms with Crippen molar-refractivity contribution in [3.8, 4) is 5.88 Å². The molecule has 1 aromatic rings. The van der Waals surface area contributed by atoms with Crippen molar-refractivity contribution in [1.29, 1.82) is 0 Å². The van der Waals surface area contributed by atoms with E-state index in [1.54, 1.807) is 0 Å². The molecule has 0 aliphatic heterocycles. The van der Waals surface area contributed by atoms with Gasteiger partial charge in [-0.2, -0.15) is 0 Å². The standard InChI is InChI=1S/C7H2F3IN2O4/c8-7(9,10)17-6-4(13(15)16)1-3(2-14)5(11)12-6/h1-2H. The lowest BCUT2D eigenvalue weighted by atomic mass is 10.3. The minimum atomic E-state index is -5.09. The molecule has 0 N–H and O–H groups in total. The molecule has 0 fully saturated rings. The van der Waals surface area contributed by atoms with Crippen LogP contribution in [0.3, 0.4) is 0 Å². The number of alkyl halides is 3. The van der Waals surface area contributed by atoms with Crippen LogP contribution in [0.5, 0.6) is 5.88 Å². The summed E-state index contributed by atoms with van der Waals surface area (Å²) in [6.07, 6.45) is -4.84. The number of halogens is 4. The zero-order valence-corrected chi connectivity index (χ0v) is 9.85. The number of aromatic nitrogens is 1. The van der Waals surface area contributed by atoms with Gasteiger partial charge in [-0.15, -0.1) is 13.2 Å². The number of rotatable bonds is 3. The summed E-state index contributed by atoms with van der Waals surface area (Å²) in [6.45, 7) is 0. The normalized spacial score (nSPS) is 11.1. The lowest BCUT2D eigenvalue weighted by molar-refractivity contribution is -0.389. The van der Waals surface area contributed by atoms with Gasteiger partial charge in [0.25, 0.3) is 0 Å². The molecule has 1 aromatic heterocycles. The SMILES string of the molecule is O=Cc1cc([N+](=O)[O-])c(OC(F)(F)F)nc1I. The van der Waals surface area contributed by atoms with Gasteiger partial charge in [0.15, 0.2) is 6.29 Å². The van der Waals surface area contributed by atoms with Gasteiger partial charge in [-0.1, -0.05) is 0 Å². The molecule has 92 valence electrons. The number of carbonyl (C=O) groups is 1. The second-order valence-corrected chi connectivity index (χ2v) is 3.64. The second-order valence-electron chi connectivity index (χ2n) is 2.62. The number of hydrogen-bond acceptors (Lipinski definition) is 5. The Morgan fingerprint density at radius 3 is 2.53 bits per heavy atom. The average molecular weight is 362 g/mol. The van der Waals surface area contributed by atoms with E-state index in [9.17, 15) is 28.1 Å². The smallest absolute Gasteiger partial charge is 0.381 e. The molecule has 0 bridgehead atoms. The van der Waals surface area contributed by atoms with Gasteiger partial charge in [0.05, 0.1) is 10.5 Å². The van der Waals surface area contributed by atoms with E-state index in [2.05, 4.69) is 9.72 Å². The van der Waals surface area contributed by atoms with Crippen LogP contribution in [-0.2, 0) is 0 Å². The van der Waals surface area contributed by atoms with E-state index in [1.807, 2.05) is 0 Å². The van der Waals surface area contributed by atoms with Gasteiger partial charge in [0.2, 0.25) is 0 Å². The minimum absolute atomic E-state index is 0.123. The fraction of sp³-hybridized carbons (Fsp3) is 0.143. The Kier molecular flexibility index (Phi) is 3.85. The maximum atomic E-state index is 11.9. The maximum absolute atomic E-state index is 11.9. The monoisotopic (exact) mass is 362 g/mol. The van der Waals surface area contributed by atoms with E-state index in [1.165, 1.54) is 22.6 Å². The Hall–Kier alpha value is -1.46. The second kappa shape index (κ2) is 4.81. The summed E-state index contributed by atoms with van der Waals surface area (Å²) < 4.78 is 39.1. The Balaban J connectivity index is 3.33. The van der Waals surface area contributed by atoms with Gasteiger partial charge in [0, 0.05) is 6.07 Å². The van der Waals surface area contributed by atoms with Gasteiger partial charge >= 0.3 is 17.9 Å². The van der Waals surface area contributed by atoms with E-state index in [0.29, 0.717) is 6.07 Å². The third-order valence-electron chi connectivity index (χ3n) is 1.49. The predicted molar refractivity (Wildman–Crippen MR) is 55.7 cm³/mol. The molecule has 0 unspecified atom stereocenters. The number of ether oxygens (including phenoxy) is 1. The first-order chi connectivity index (χ1) is 7.74. The number of carbonyl (C=O) groups excluding carboxylic acids is 1. The summed E-state index contributed by atoms with van der Waals surface area (Å²) in [5.41, 5.74) is -1.21. The van der Waals surface area contributed by atoms with Crippen LogP contribution in [0.2, 0.25) is 0 Å². The Morgan fingerprint density at radius 1 is 1.53 bits per heavy atom. The van der Waals surface area contributed by atoms with Crippen molar-refractivity contribution in [2.24, 2.45) is 0 Å². The van der Waals surface area contributed by atoms with Crippen molar-refractivity contribution < 1.29 is 27.6 Å². The highest BCUT2D eigenvalue weighted by Crippen LogP contribution is 2.31. The lowest BCUT2D eigenvalue weighted by Crippen LogP contribution is -2.19. The first kappa shape index (κ1) is 13.6. The Labute approximate surface area is 105 Å². The van der Waals surface area contributed by atoms with Crippen LogP contribution >= 0.6 is 22.6 Å². The van der Waals surface area contributed by atoms with E-state index in [4.69, 9.17) is 0 Å². The van der Waals surface area contributed by atoms with Crippen molar-refractivity contribution in [3.05, 3.63) is 25.4 Å². The van der Waals surface area contributed by atoms with Crippen LogP contribution in [0.1, 0.15) is 10.4 Å². The zero-order valence-electron chi connectivity index (χ0n) is 7.69. The van der Waals surface area contributed by atoms with Gasteiger partial charge in [0.1, 0.15) is 3.70 Å². The molecular formula is C7H2F3IN2O4. The summed E-state index contributed by atoms with van der Waals surface area (Å²) in [5.74, 6) is -1.20. The topological polar surface area (TPSA) is 82.3 Å². The minimum Gasteiger partial charge on any atom is -0.381 e. The number of nitro groups is 1. The molecule has 1 rings (SSSR count). The molecule has 0 saturated carbocycles. The maximum Gasteiger partial charge on any atom is 0.574 e. The molecule has 17 heavy (non-hydrogen) atoms. The molecule has 1 heterocycles. The first-order valence-electron chi connectivity index (χ1n) is 3.80. The number of pyridine rings is 1. The third kappa shape index (κ3) is 3.51. The van der Waals surface area contributed by atoms with Gasteiger partial charge in [-0.05, 0) is 22.6 Å². The molecule has 10 heteroatoms. The van der Waals surface area contributed by atoms with Crippen LogP contribution in [-0.4, -0.2) is 22.6 Å². The zero-order chi connectivity index (χ0) is 13.2. The van der Waals surface area contributed by atoms with Crippen molar-refractivity contribution >= 4 is 34.6 Å². The highest BCUT2D eigenvalue weighted by molar-refractivity contribution is 14.1. The highest BCUT2D eigenvalue weighted by atomic mass is 127. The highest BCUT2D eigenvalue weighted by Gasteiger charge is 2.36. The van der Waals surface area contributed by atoms with Crippen molar-refractivity contribution in [1.82, 2.24) is 4.98 Å². The predicted octanol–water partition coefficient (Wildman–Crippen LogP) is 2.31. The fourth-order valence-corrected chi connectivity index (χ4v) is 1.38. The van der Waals surface area contributed by atoms with Crippen LogP contribution < -0.4 is 4.74 Å². The molecule has 0 spiro atoms. The molecule has 0 aliphatic rings. The molecule has 0 aliphatic carbocycles. The van der Waals surface area contributed by atoms with E-state index < -0.39 is 22.9 Å². The molecule has 0 amide bonds. The summed E-state index contributed by atoms with van der Waals surface area (Å²) in [6, 6.07) is 0.669. The fourth-order valence-electron chi connectivity index (χ4n) is 0.878. The van der Waals surface area contributed by atoms with Crippen molar-refractivity contribution in [2.75, 3.05) is 0 Å². The summed E-state index contributed by atoms with van der Waals surface area (Å²) in [4.78, 5) is 23.1. The Bertz CT molecular complexity index is 477. The molecule has 0 aromatic carbocycles. The van der Waals surface area contributed by atoms with Crippen LogP contribution in [0.25, 0.3) is 0 Å². The third-order valence-corrected chi connectivity index (χ3v) is 2.35. The van der Waals surface area contributed by atoms with Crippen molar-refractivity contribution in [2.45, 2.75) is 6.36 Å². The van der Waals surface area contributed by atoms with Crippen LogP contribution in [0.4, 0.5) is 18.9 Å². The Morgan fingerprint density at radius 2 is 2.12 bits per heavy atom. The molecule has 0 atom stereocenters. The summed E-state index contributed by atoms with van der Waals surface area (Å²) in [5, 5.41) is 10.5. The average Bonchev–Trinajstić information content (AvgIpc) is 2.14. The van der Waals surface area contributed by atoms with Crippen LogP contribution in [0, 0.1) is 13.8 Å². The number of hydrogen-bond donors (Lipinski definition) is 0. The number of nitrogens with zero attached hydrogens (tertiary/aromatic N) is 2. The first-order valence-corrected chi connectivity index (χ1v) is 4.88. The summed E-state index contributed by atoms with van der Waals surface area (Å²) in [7, 11) is 0. The lowest BCUT2D eigenvalue weighted by Gasteiger charge is -2.08.